The molecule has 4 aromatic rings. The minimum atomic E-state index is -7.22. The van der Waals surface area contributed by atoms with Crippen molar-refractivity contribution in [3.8, 4) is 0 Å². The summed E-state index contributed by atoms with van der Waals surface area (Å²) in [4.78, 5) is 1.92. The van der Waals surface area contributed by atoms with Gasteiger partial charge in [0.05, 0.1) is 19.6 Å². The van der Waals surface area contributed by atoms with Crippen LogP contribution in [0.4, 0.5) is 87.8 Å². The van der Waals surface area contributed by atoms with Crippen molar-refractivity contribution in [1.29, 1.82) is 0 Å². The summed E-state index contributed by atoms with van der Waals surface area (Å²) in [5, 5.41) is 4.48. The first-order chi connectivity index (χ1) is 36.4. The monoisotopic (exact) mass is 1150 g/mol. The van der Waals surface area contributed by atoms with Crippen LogP contribution < -0.4 is 26.8 Å². The summed E-state index contributed by atoms with van der Waals surface area (Å²) in [7, 11) is 0. The predicted octanol–water partition coefficient (Wildman–Crippen LogP) is 15.3. The summed E-state index contributed by atoms with van der Waals surface area (Å²) >= 11 is -0.171. The van der Waals surface area contributed by atoms with Crippen molar-refractivity contribution in [1.82, 2.24) is 0 Å². The molecule has 4 aromatic carbocycles. The first kappa shape index (κ1) is 69.1. The van der Waals surface area contributed by atoms with Crippen LogP contribution in [0.3, 0.4) is 0 Å². The van der Waals surface area contributed by atoms with E-state index in [0.717, 1.165) is 0 Å². The lowest BCUT2D eigenvalue weighted by atomic mass is 9.12. The molecule has 0 radical (unpaired) electrons. The molecule has 0 aliphatic carbocycles. The number of nitrogens with one attached hydrogen (secondary N) is 1. The van der Waals surface area contributed by atoms with Crippen LogP contribution in [0.15, 0.2) is 0 Å². The molecule has 1 nitrogen and oxygen atoms in total. The third kappa shape index (κ3) is 16.6. The Morgan fingerprint density at radius 3 is 0.545 bits per heavy atom. The maximum Gasteiger partial charge on any atom is 0.261 e. The molecule has 0 unspecified atom stereocenters. The second kappa shape index (κ2) is 33.6. The molecule has 77 heavy (non-hydrogen) atoms. The average molecular weight is 1150 g/mol. The van der Waals surface area contributed by atoms with Crippen molar-refractivity contribution < 1.29 is 92.7 Å². The van der Waals surface area contributed by atoms with E-state index in [1.54, 1.807) is 0 Å². The number of hydrogen-bond donors (Lipinski definition) is 1. The van der Waals surface area contributed by atoms with E-state index in [-0.39, 0.29) is 14.1 Å². The summed E-state index contributed by atoms with van der Waals surface area (Å²) in [5.74, 6) is -71.4. The van der Waals surface area contributed by atoms with Crippen LogP contribution in [0.25, 0.3) is 0 Å². The van der Waals surface area contributed by atoms with Crippen molar-refractivity contribution >= 4 is 42.1 Å². The maximum atomic E-state index is 15.4. The number of hydrogen-bond acceptors (Lipinski definition) is 0. The summed E-state index contributed by atoms with van der Waals surface area (Å²) in [5.41, 5.74) is -14.3. The molecule has 0 spiro atoms. The second-order valence-corrected chi connectivity index (χ2v) is 23.4. The molecule has 0 aliphatic heterocycles. The Labute approximate surface area is 442 Å². The van der Waals surface area contributed by atoms with Crippen molar-refractivity contribution in [2.75, 3.05) is 19.6 Å². The summed E-state index contributed by atoms with van der Waals surface area (Å²) in [6.45, 7) is 18.2. The van der Waals surface area contributed by atoms with Gasteiger partial charge in [0.15, 0.2) is 69.8 Å². The lowest BCUT2D eigenvalue weighted by molar-refractivity contribution is -0.900. The van der Waals surface area contributed by atoms with Gasteiger partial charge in [-0.2, -0.15) is 0 Å². The zero-order valence-electron chi connectivity index (χ0n) is 44.2. The van der Waals surface area contributed by atoms with Crippen LogP contribution in [0.5, 0.6) is 0 Å². The molecule has 0 aromatic heterocycles. The highest BCUT2D eigenvalue weighted by Gasteiger charge is 2.52. The Hall–Kier alpha value is -3.96. The van der Waals surface area contributed by atoms with Crippen molar-refractivity contribution in [2.45, 2.75) is 173 Å². The third-order valence-corrected chi connectivity index (χ3v) is 17.6. The van der Waals surface area contributed by atoms with E-state index >= 15 is 35.1 Å². The largest absolute Gasteiger partial charge is 0.335 e. The molecule has 4 rings (SSSR count). The molecule has 0 bridgehead atoms. The van der Waals surface area contributed by atoms with Crippen molar-refractivity contribution in [2.24, 2.45) is 0 Å². The third-order valence-electron chi connectivity index (χ3n) is 14.1. The quantitative estimate of drug-likeness (QED) is 0.0190. The standard InChI is InChI=1S/C24BF20.C24H51N.3C2H5.Al/c26-5-1(6(27)14(35)21(42)13(5)34)25(2-7(28)15(36)22(43)16(37)8(2)29,3-9(30)17(38)23(44)18(39)10(3)31)4-11(32)19(40)24(45)20(41)12(4)33;1-4-7-10-13-16-19-22-25(23-20-17-14-11-8-5-2)24-21-18-15-12-9-6-3;3*1-2;/h;4-24H2,1-3H3;3*1H2,2H3;/q-1;;;;;/p+1. The van der Waals surface area contributed by atoms with Gasteiger partial charge in [-0.25, -0.2) is 87.8 Å². The number of benzene rings is 4. The lowest BCUT2D eigenvalue weighted by Crippen LogP contribution is -3.12. The van der Waals surface area contributed by atoms with E-state index < -0.39 is 144 Å². The Balaban J connectivity index is 0.000000532. The maximum absolute atomic E-state index is 15.4. The summed E-state index contributed by atoms with van der Waals surface area (Å²) in [6, 6.07) is 0. The fourth-order valence-corrected chi connectivity index (χ4v) is 11.3. The molecule has 0 fully saturated rings. The molecule has 434 valence electrons. The number of quaternary nitrogens is 1. The van der Waals surface area contributed by atoms with E-state index in [1.807, 2.05) is 4.90 Å². The molecule has 0 saturated carbocycles. The van der Waals surface area contributed by atoms with Crippen LogP contribution >= 0.6 is 0 Å². The van der Waals surface area contributed by atoms with E-state index in [2.05, 4.69) is 41.5 Å². The Bertz CT molecular complexity index is 2080. The van der Waals surface area contributed by atoms with Crippen molar-refractivity contribution in [3.05, 3.63) is 116 Å². The highest BCUT2D eigenvalue weighted by molar-refractivity contribution is 7.20. The molecular formula is C54H67AlBF20N. The molecule has 0 saturated heterocycles. The predicted molar refractivity (Wildman–Crippen MR) is 262 cm³/mol. The molecule has 0 aliphatic rings. The minimum absolute atomic E-state index is 0.171. The Morgan fingerprint density at radius 1 is 0.234 bits per heavy atom. The van der Waals surface area contributed by atoms with Gasteiger partial charge in [0, 0.05) is 0 Å². The Kier molecular flexibility index (Phi) is 30.2. The SMILES string of the molecule is CCCCCCCC[NH+](CCCCCCCC)CCCCCCCC.C[CH2][Al]([CH2]C)[CH2]C.Fc1c(F)c(F)c([B-](c2c(F)c(F)c(F)c(F)c2F)(c2c(F)c(F)c(F)c(F)c2F)c2c(F)c(F)c(F)c(F)c2F)c(F)c1F. The summed E-state index contributed by atoms with van der Waals surface area (Å²) < 4.78 is 294. The fourth-order valence-electron chi connectivity index (χ4n) is 9.58. The topological polar surface area (TPSA) is 4.44 Å². The van der Waals surface area contributed by atoms with Crippen LogP contribution in [-0.4, -0.2) is 39.9 Å². The van der Waals surface area contributed by atoms with Gasteiger partial charge in [-0.05, 0) is 38.5 Å². The fraction of sp³-hybridized carbons (Fsp3) is 0.556. The molecule has 23 heteroatoms. The van der Waals surface area contributed by atoms with Crippen LogP contribution in [-0.2, 0) is 0 Å². The van der Waals surface area contributed by atoms with Gasteiger partial charge >= 0.3 is 0 Å². The number of unbranched alkanes of at least 4 members (excludes halogenated alkanes) is 15. The van der Waals surface area contributed by atoms with Gasteiger partial charge in [-0.15, -0.1) is 21.9 Å². The smallest absolute Gasteiger partial charge is 0.261 e. The van der Waals surface area contributed by atoms with Gasteiger partial charge in [-0.1, -0.05) is 134 Å². The van der Waals surface area contributed by atoms with Gasteiger partial charge in [0.1, 0.15) is 52.7 Å². The highest BCUT2D eigenvalue weighted by atomic mass is 27.2. The Morgan fingerprint density at radius 2 is 0.390 bits per heavy atom. The number of rotatable bonds is 28. The first-order valence-electron chi connectivity index (χ1n) is 26.5. The number of halogens is 20. The lowest BCUT2D eigenvalue weighted by Gasteiger charge is -2.44. The molecular weight excluding hydrogens is 1080 g/mol. The molecule has 0 amide bonds. The average Bonchev–Trinajstić information content (AvgIpc) is 3.42. The van der Waals surface area contributed by atoms with Gasteiger partial charge in [0.2, 0.25) is 0 Å². The molecule has 0 atom stereocenters. The van der Waals surface area contributed by atoms with E-state index in [4.69, 9.17) is 0 Å². The zero-order valence-corrected chi connectivity index (χ0v) is 45.3. The second-order valence-electron chi connectivity index (χ2n) is 19.2. The van der Waals surface area contributed by atoms with E-state index in [0.29, 0.717) is 0 Å². The minimum Gasteiger partial charge on any atom is -0.335 e. The van der Waals surface area contributed by atoms with Gasteiger partial charge in [0.25, 0.3) is 14.1 Å². The van der Waals surface area contributed by atoms with Crippen LogP contribution in [0, 0.1) is 116 Å². The van der Waals surface area contributed by atoms with Crippen LogP contribution in [0.1, 0.15) is 157 Å². The van der Waals surface area contributed by atoms with Gasteiger partial charge < -0.3 is 4.90 Å². The summed E-state index contributed by atoms with van der Waals surface area (Å²) in [6.07, 6.45) is 18.8. The van der Waals surface area contributed by atoms with Crippen molar-refractivity contribution in [3.63, 3.8) is 0 Å². The van der Waals surface area contributed by atoms with Gasteiger partial charge in [-0.3, -0.25) is 0 Å². The molecule has 1 N–H and O–H groups in total. The van der Waals surface area contributed by atoms with E-state index in [9.17, 15) is 52.7 Å². The normalized spacial score (nSPS) is 11.6. The zero-order chi connectivity index (χ0) is 58.5. The highest BCUT2D eigenvalue weighted by Crippen LogP contribution is 2.31. The van der Waals surface area contributed by atoms with E-state index in [1.165, 1.54) is 151 Å². The van der Waals surface area contributed by atoms with Crippen LogP contribution in [0.2, 0.25) is 15.8 Å². The first-order valence-corrected chi connectivity index (χ1v) is 28.9. The molecule has 0 heterocycles.